The van der Waals surface area contributed by atoms with Gasteiger partial charge in [0.05, 0.1) is 18.1 Å². The predicted molar refractivity (Wildman–Crippen MR) is 133 cm³/mol. The summed E-state index contributed by atoms with van der Waals surface area (Å²) in [6, 6.07) is 3.40. The zero-order valence-corrected chi connectivity index (χ0v) is 22.0. The van der Waals surface area contributed by atoms with E-state index >= 15 is 0 Å². The number of fused-ring (bicyclic) bond motifs is 2. The number of ether oxygens (including phenoxy) is 2. The van der Waals surface area contributed by atoms with E-state index < -0.39 is 34.7 Å². The highest BCUT2D eigenvalue weighted by Crippen LogP contribution is 2.53. The molecule has 1 N–H and O–H groups in total. The van der Waals surface area contributed by atoms with Gasteiger partial charge in [-0.1, -0.05) is 13.8 Å². The van der Waals surface area contributed by atoms with Crippen LogP contribution in [0.5, 0.6) is 0 Å². The molecule has 36 heavy (non-hydrogen) atoms. The van der Waals surface area contributed by atoms with Gasteiger partial charge in [0.15, 0.2) is 0 Å². The number of nitro groups is 1. The molecule has 1 fully saturated rings. The number of esters is 2. The SMILES string of the molecule is CCOC(=O)C(Cc1cc2c(cc1[N+](=O)[O-])C1(CCC2)CCC(C)(C)CC1)(NC(C)=O)C(=O)OCC. The number of rotatable bonds is 8. The molecule has 1 saturated carbocycles. The molecule has 1 amide bonds. The normalized spacial score (nSPS) is 18.1. The maximum Gasteiger partial charge on any atom is 0.344 e. The molecule has 0 saturated heterocycles. The third-order valence-electron chi connectivity index (χ3n) is 7.83. The molecule has 0 bridgehead atoms. The van der Waals surface area contributed by atoms with Crippen molar-refractivity contribution in [2.45, 2.75) is 96.9 Å². The summed E-state index contributed by atoms with van der Waals surface area (Å²) in [6.07, 6.45) is 6.35. The Morgan fingerprint density at radius 1 is 1.03 bits per heavy atom. The molecule has 0 heterocycles. The first-order valence-electron chi connectivity index (χ1n) is 12.8. The van der Waals surface area contributed by atoms with Crippen molar-refractivity contribution < 1.29 is 28.8 Å². The summed E-state index contributed by atoms with van der Waals surface area (Å²) in [4.78, 5) is 50.1. The molecule has 1 spiro atoms. The lowest BCUT2D eigenvalue weighted by atomic mass is 9.58. The largest absolute Gasteiger partial charge is 0.464 e. The highest BCUT2D eigenvalue weighted by Gasteiger charge is 2.52. The summed E-state index contributed by atoms with van der Waals surface area (Å²) >= 11 is 0. The monoisotopic (exact) mass is 502 g/mol. The molecule has 1 aromatic rings. The van der Waals surface area contributed by atoms with E-state index in [-0.39, 0.29) is 35.3 Å². The van der Waals surface area contributed by atoms with Crippen LogP contribution in [-0.4, -0.2) is 41.5 Å². The highest BCUT2D eigenvalue weighted by molar-refractivity contribution is 6.08. The van der Waals surface area contributed by atoms with Crippen molar-refractivity contribution in [2.24, 2.45) is 5.41 Å². The Labute approximate surface area is 212 Å². The summed E-state index contributed by atoms with van der Waals surface area (Å²) in [5.41, 5.74) is -0.0129. The Bertz CT molecular complexity index is 1020. The number of nitrogens with one attached hydrogen (secondary N) is 1. The molecule has 3 rings (SSSR count). The van der Waals surface area contributed by atoms with Gasteiger partial charge in [0, 0.05) is 25.0 Å². The fourth-order valence-electron chi connectivity index (χ4n) is 5.84. The molecular weight excluding hydrogens is 464 g/mol. The molecule has 0 unspecified atom stereocenters. The molecule has 2 aliphatic carbocycles. The lowest BCUT2D eigenvalue weighted by molar-refractivity contribution is -0.385. The van der Waals surface area contributed by atoms with Crippen LogP contribution in [0.1, 0.15) is 89.8 Å². The topological polar surface area (TPSA) is 125 Å². The van der Waals surface area contributed by atoms with Crippen LogP contribution in [0.2, 0.25) is 0 Å². The first-order valence-corrected chi connectivity index (χ1v) is 12.8. The van der Waals surface area contributed by atoms with Crippen LogP contribution in [-0.2, 0) is 42.1 Å². The Morgan fingerprint density at radius 3 is 2.11 bits per heavy atom. The summed E-state index contributed by atoms with van der Waals surface area (Å²) in [6.45, 7) is 8.78. The minimum absolute atomic E-state index is 0.0370. The lowest BCUT2D eigenvalue weighted by Gasteiger charge is -2.47. The smallest absolute Gasteiger partial charge is 0.344 e. The van der Waals surface area contributed by atoms with Crippen molar-refractivity contribution in [3.05, 3.63) is 38.9 Å². The second kappa shape index (κ2) is 10.6. The van der Waals surface area contributed by atoms with E-state index in [2.05, 4.69) is 19.2 Å². The van der Waals surface area contributed by atoms with Gasteiger partial charge in [0.25, 0.3) is 5.69 Å². The molecule has 0 atom stereocenters. The average Bonchev–Trinajstić information content (AvgIpc) is 2.80. The zero-order valence-electron chi connectivity index (χ0n) is 22.0. The molecule has 9 nitrogen and oxygen atoms in total. The van der Waals surface area contributed by atoms with Crippen LogP contribution < -0.4 is 5.32 Å². The van der Waals surface area contributed by atoms with E-state index in [4.69, 9.17) is 9.47 Å². The fourth-order valence-corrected chi connectivity index (χ4v) is 5.84. The van der Waals surface area contributed by atoms with Gasteiger partial charge in [-0.05, 0) is 86.8 Å². The van der Waals surface area contributed by atoms with Gasteiger partial charge in [-0.2, -0.15) is 0 Å². The number of hydrogen-bond acceptors (Lipinski definition) is 7. The minimum atomic E-state index is -2.22. The zero-order chi connectivity index (χ0) is 26.7. The van der Waals surface area contributed by atoms with E-state index in [0.717, 1.165) is 56.1 Å². The van der Waals surface area contributed by atoms with E-state index in [1.807, 2.05) is 0 Å². The summed E-state index contributed by atoms with van der Waals surface area (Å²) in [7, 11) is 0. The molecule has 0 aliphatic heterocycles. The number of carbonyl (C=O) groups is 3. The number of carbonyl (C=O) groups excluding carboxylic acids is 3. The molecule has 9 heteroatoms. The van der Waals surface area contributed by atoms with E-state index in [1.165, 1.54) is 6.92 Å². The number of aryl methyl sites for hydroxylation is 1. The van der Waals surface area contributed by atoms with Crippen LogP contribution in [0.3, 0.4) is 0 Å². The van der Waals surface area contributed by atoms with Crippen molar-refractivity contribution in [1.82, 2.24) is 5.32 Å². The van der Waals surface area contributed by atoms with Gasteiger partial charge >= 0.3 is 11.9 Å². The fraction of sp³-hybridized carbons (Fsp3) is 0.667. The van der Waals surface area contributed by atoms with Crippen molar-refractivity contribution >= 4 is 23.5 Å². The average molecular weight is 503 g/mol. The Balaban J connectivity index is 2.14. The standard InChI is InChI=1S/C27H38N2O7/c1-6-35-23(31)27(28-18(3)30,24(32)36-7-2)17-20-15-19-9-8-10-26(13-11-25(4,5)12-14-26)21(19)16-22(20)29(33)34/h15-16H,6-14,17H2,1-5H3,(H,28,30). The summed E-state index contributed by atoms with van der Waals surface area (Å²) in [5, 5.41) is 14.7. The first kappa shape index (κ1) is 27.6. The van der Waals surface area contributed by atoms with E-state index in [1.54, 1.807) is 26.0 Å². The van der Waals surface area contributed by atoms with Crippen molar-refractivity contribution in [3.8, 4) is 0 Å². The number of benzene rings is 1. The summed E-state index contributed by atoms with van der Waals surface area (Å²) < 4.78 is 10.3. The molecule has 1 aromatic carbocycles. The van der Waals surface area contributed by atoms with E-state index in [9.17, 15) is 24.5 Å². The Morgan fingerprint density at radius 2 is 1.61 bits per heavy atom. The highest BCUT2D eigenvalue weighted by atomic mass is 16.6. The van der Waals surface area contributed by atoms with Gasteiger partial charge in [0.2, 0.25) is 11.4 Å². The molecule has 0 radical (unpaired) electrons. The minimum Gasteiger partial charge on any atom is -0.464 e. The van der Waals surface area contributed by atoms with Crippen molar-refractivity contribution in [1.29, 1.82) is 0 Å². The number of nitro benzene ring substituents is 1. The quantitative estimate of drug-likeness (QED) is 0.243. The van der Waals surface area contributed by atoms with Gasteiger partial charge in [-0.15, -0.1) is 0 Å². The van der Waals surface area contributed by atoms with Crippen molar-refractivity contribution in [3.63, 3.8) is 0 Å². The van der Waals surface area contributed by atoms with E-state index in [0.29, 0.717) is 0 Å². The van der Waals surface area contributed by atoms with Crippen LogP contribution in [0.4, 0.5) is 5.69 Å². The third-order valence-corrected chi connectivity index (χ3v) is 7.83. The first-order chi connectivity index (χ1) is 16.9. The second-order valence-electron chi connectivity index (χ2n) is 10.9. The van der Waals surface area contributed by atoms with Crippen molar-refractivity contribution in [2.75, 3.05) is 13.2 Å². The van der Waals surface area contributed by atoms with Gasteiger partial charge in [0.1, 0.15) is 0 Å². The Hall–Kier alpha value is -2.97. The number of hydrogen-bond donors (Lipinski definition) is 1. The van der Waals surface area contributed by atoms with Crippen LogP contribution >= 0.6 is 0 Å². The van der Waals surface area contributed by atoms with Crippen LogP contribution in [0, 0.1) is 15.5 Å². The Kier molecular flexibility index (Phi) is 8.10. The molecular formula is C27H38N2O7. The third kappa shape index (κ3) is 5.39. The molecule has 0 aromatic heterocycles. The maximum atomic E-state index is 13.1. The number of nitrogens with zero attached hydrogens (tertiary/aromatic N) is 1. The molecule has 2 aliphatic rings. The van der Waals surface area contributed by atoms with Crippen LogP contribution in [0.15, 0.2) is 12.1 Å². The van der Waals surface area contributed by atoms with Gasteiger partial charge in [-0.3, -0.25) is 14.9 Å². The summed E-state index contributed by atoms with van der Waals surface area (Å²) in [5.74, 6) is -2.66. The van der Waals surface area contributed by atoms with Crippen LogP contribution in [0.25, 0.3) is 0 Å². The lowest BCUT2D eigenvalue weighted by Crippen LogP contribution is -2.62. The maximum absolute atomic E-state index is 13.1. The second-order valence-corrected chi connectivity index (χ2v) is 10.9. The molecule has 198 valence electrons. The van der Waals surface area contributed by atoms with Gasteiger partial charge < -0.3 is 14.8 Å². The number of amides is 1. The van der Waals surface area contributed by atoms with Gasteiger partial charge in [-0.25, -0.2) is 9.59 Å². The predicted octanol–water partition coefficient (Wildman–Crippen LogP) is 4.31.